The topological polar surface area (TPSA) is 74.6 Å². The maximum absolute atomic E-state index is 10.3. The highest BCUT2D eigenvalue weighted by Gasteiger charge is 2.08. The summed E-state index contributed by atoms with van der Waals surface area (Å²) in [6.07, 6.45) is -0.988. The smallest absolute Gasteiger partial charge is 0.303 e. The van der Waals surface area contributed by atoms with Gasteiger partial charge in [-0.15, -0.1) is 0 Å². The van der Waals surface area contributed by atoms with Gasteiger partial charge in [-0.05, 0) is 12.3 Å². The van der Waals surface area contributed by atoms with Crippen LogP contribution in [0.1, 0.15) is 30.2 Å². The first-order chi connectivity index (χ1) is 6.23. The second-order valence-corrected chi connectivity index (χ2v) is 2.23. The van der Waals surface area contributed by atoms with Gasteiger partial charge in [-0.25, -0.2) is 0 Å². The van der Waals surface area contributed by atoms with E-state index in [2.05, 4.69) is 0 Å². The van der Waals surface area contributed by atoms with Crippen LogP contribution in [0.2, 0.25) is 0 Å². The van der Waals surface area contributed by atoms with Crippen molar-refractivity contribution < 1.29 is 23.9 Å². The molecule has 0 bridgehead atoms. The third-order valence-corrected chi connectivity index (χ3v) is 1.13. The quantitative estimate of drug-likeness (QED) is 0.633. The molecule has 0 heterocycles. The van der Waals surface area contributed by atoms with Gasteiger partial charge in [0.1, 0.15) is 0 Å². The van der Waals surface area contributed by atoms with Gasteiger partial charge < -0.3 is 10.2 Å². The molecule has 4 heteroatoms. The third-order valence-electron chi connectivity index (χ3n) is 1.13. The van der Waals surface area contributed by atoms with Crippen molar-refractivity contribution >= 4 is 11.9 Å². The van der Waals surface area contributed by atoms with Gasteiger partial charge in [0, 0.05) is 17.0 Å². The molecule has 0 amide bonds. The lowest BCUT2D eigenvalue weighted by Gasteiger charge is -2.04. The number of rotatable bonds is 5. The summed E-state index contributed by atoms with van der Waals surface area (Å²) in [5.74, 6) is -3.43. The Labute approximate surface area is 69.1 Å². The second-order valence-electron chi connectivity index (χ2n) is 2.23. The van der Waals surface area contributed by atoms with Gasteiger partial charge in [0.05, 0.1) is 0 Å². The van der Waals surface area contributed by atoms with Crippen molar-refractivity contribution in [1.29, 1.82) is 0 Å². The SMILES string of the molecule is [2H]C([2H])([2H])C(CCC(=O)O)CC(=O)O. The minimum absolute atomic E-state index is 0.141. The van der Waals surface area contributed by atoms with Gasteiger partial charge >= 0.3 is 11.9 Å². The monoisotopic (exact) mass is 163 g/mol. The van der Waals surface area contributed by atoms with Crippen LogP contribution in [0.5, 0.6) is 0 Å². The van der Waals surface area contributed by atoms with E-state index >= 15 is 0 Å². The molecule has 0 aromatic carbocycles. The van der Waals surface area contributed by atoms with Gasteiger partial charge in [0.15, 0.2) is 0 Å². The summed E-state index contributed by atoms with van der Waals surface area (Å²) >= 11 is 0. The summed E-state index contributed by atoms with van der Waals surface area (Å²) in [5, 5.41) is 16.7. The summed E-state index contributed by atoms with van der Waals surface area (Å²) in [6, 6.07) is 0. The van der Waals surface area contributed by atoms with E-state index in [0.29, 0.717) is 0 Å². The summed E-state index contributed by atoms with van der Waals surface area (Å²) in [5.41, 5.74) is 0. The molecule has 0 aliphatic rings. The van der Waals surface area contributed by atoms with Crippen molar-refractivity contribution in [3.63, 3.8) is 0 Å². The van der Waals surface area contributed by atoms with Crippen molar-refractivity contribution in [2.24, 2.45) is 5.92 Å². The Kier molecular flexibility index (Phi) is 2.39. The number of aliphatic carboxylic acids is 2. The van der Waals surface area contributed by atoms with E-state index in [-0.39, 0.29) is 12.8 Å². The first-order valence-electron chi connectivity index (χ1n) is 4.67. The lowest BCUT2D eigenvalue weighted by Crippen LogP contribution is -2.06. The van der Waals surface area contributed by atoms with Crippen LogP contribution in [0, 0.1) is 5.92 Å². The fraction of sp³-hybridized carbons (Fsp3) is 0.714. The molecule has 4 nitrogen and oxygen atoms in total. The average molecular weight is 163 g/mol. The Bertz CT molecular complexity index is 223. The highest BCUT2D eigenvalue weighted by molar-refractivity contribution is 5.68. The molecule has 0 aromatic heterocycles. The van der Waals surface area contributed by atoms with Crippen LogP contribution < -0.4 is 0 Å². The van der Waals surface area contributed by atoms with Gasteiger partial charge in [-0.3, -0.25) is 9.59 Å². The van der Waals surface area contributed by atoms with Gasteiger partial charge in [0.25, 0.3) is 0 Å². The molecule has 0 radical (unpaired) electrons. The molecule has 2 N–H and O–H groups in total. The molecular formula is C7H12O4. The van der Waals surface area contributed by atoms with E-state index in [0.717, 1.165) is 0 Å². The van der Waals surface area contributed by atoms with Crippen LogP contribution in [0.4, 0.5) is 0 Å². The Balaban J connectivity index is 4.26. The van der Waals surface area contributed by atoms with E-state index in [1.54, 1.807) is 0 Å². The van der Waals surface area contributed by atoms with E-state index in [1.807, 2.05) is 0 Å². The van der Waals surface area contributed by atoms with Crippen LogP contribution in [0.3, 0.4) is 0 Å². The number of hydrogen-bond acceptors (Lipinski definition) is 2. The molecule has 0 rings (SSSR count). The summed E-state index contributed by atoms with van der Waals surface area (Å²) in [6.45, 7) is -2.41. The minimum atomic E-state index is -2.41. The Morgan fingerprint density at radius 3 is 2.45 bits per heavy atom. The van der Waals surface area contributed by atoms with E-state index < -0.39 is 31.1 Å². The lowest BCUT2D eigenvalue weighted by atomic mass is 10.0. The minimum Gasteiger partial charge on any atom is -0.481 e. The number of hydrogen-bond donors (Lipinski definition) is 2. The van der Waals surface area contributed by atoms with Crippen LogP contribution in [0.15, 0.2) is 0 Å². The number of carboxylic acid groups (broad SMARTS) is 2. The number of carbonyl (C=O) groups is 2. The number of carboxylic acids is 2. The van der Waals surface area contributed by atoms with Crippen molar-refractivity contribution in [3.05, 3.63) is 0 Å². The predicted octanol–water partition coefficient (Wildman–Crippen LogP) is 0.962. The molecule has 0 aliphatic carbocycles. The maximum atomic E-state index is 10.3. The van der Waals surface area contributed by atoms with E-state index in [9.17, 15) is 9.59 Å². The zero-order chi connectivity index (χ0) is 11.4. The molecule has 0 saturated carbocycles. The van der Waals surface area contributed by atoms with E-state index in [1.165, 1.54) is 0 Å². The third kappa shape index (κ3) is 6.83. The molecule has 64 valence electrons. The standard InChI is InChI=1S/C7H12O4/c1-5(4-7(10)11)2-3-6(8)9/h5H,2-4H2,1H3,(H,8,9)(H,10,11)/i1D3. The fourth-order valence-electron chi connectivity index (χ4n) is 0.611. The average Bonchev–Trinajstić information content (AvgIpc) is 1.94. The Morgan fingerprint density at radius 2 is 2.09 bits per heavy atom. The largest absolute Gasteiger partial charge is 0.481 e. The van der Waals surface area contributed by atoms with Crippen LogP contribution in [-0.4, -0.2) is 22.2 Å². The fourth-order valence-corrected chi connectivity index (χ4v) is 0.611. The van der Waals surface area contributed by atoms with Crippen molar-refractivity contribution in [2.45, 2.75) is 26.1 Å². The molecule has 11 heavy (non-hydrogen) atoms. The molecule has 0 fully saturated rings. The molecular weight excluding hydrogens is 148 g/mol. The summed E-state index contributed by atoms with van der Waals surface area (Å²) in [7, 11) is 0. The van der Waals surface area contributed by atoms with Crippen molar-refractivity contribution in [2.75, 3.05) is 0 Å². The normalized spacial score (nSPS) is 17.6. The van der Waals surface area contributed by atoms with Gasteiger partial charge in [-0.2, -0.15) is 0 Å². The molecule has 1 atom stereocenters. The molecule has 0 aliphatic heterocycles. The Hall–Kier alpha value is -1.06. The highest BCUT2D eigenvalue weighted by atomic mass is 16.4. The molecule has 0 saturated heterocycles. The Morgan fingerprint density at radius 1 is 1.45 bits per heavy atom. The van der Waals surface area contributed by atoms with E-state index in [4.69, 9.17) is 14.3 Å². The van der Waals surface area contributed by atoms with Crippen LogP contribution >= 0.6 is 0 Å². The maximum Gasteiger partial charge on any atom is 0.303 e. The van der Waals surface area contributed by atoms with Crippen LogP contribution in [-0.2, 0) is 9.59 Å². The van der Waals surface area contributed by atoms with Gasteiger partial charge in [-0.1, -0.05) is 6.85 Å². The molecule has 0 aromatic rings. The van der Waals surface area contributed by atoms with Gasteiger partial charge in [0.2, 0.25) is 0 Å². The first kappa shape index (κ1) is 5.57. The van der Waals surface area contributed by atoms with Crippen LogP contribution in [0.25, 0.3) is 0 Å². The highest BCUT2D eigenvalue weighted by Crippen LogP contribution is 2.09. The summed E-state index contributed by atoms with van der Waals surface area (Å²) in [4.78, 5) is 20.5. The van der Waals surface area contributed by atoms with Crippen molar-refractivity contribution in [3.8, 4) is 0 Å². The molecule has 1 unspecified atom stereocenters. The second kappa shape index (κ2) is 4.71. The lowest BCUT2D eigenvalue weighted by molar-refractivity contribution is -0.140. The first-order valence-corrected chi connectivity index (χ1v) is 3.17. The molecule has 0 spiro atoms. The van der Waals surface area contributed by atoms with Crippen molar-refractivity contribution in [1.82, 2.24) is 0 Å². The zero-order valence-corrected chi connectivity index (χ0v) is 5.91. The predicted molar refractivity (Wildman–Crippen MR) is 38.3 cm³/mol. The summed E-state index contributed by atoms with van der Waals surface area (Å²) < 4.78 is 21.0. The zero-order valence-electron chi connectivity index (χ0n) is 8.91.